The van der Waals surface area contributed by atoms with Gasteiger partial charge in [0.15, 0.2) is 0 Å². The van der Waals surface area contributed by atoms with Crippen LogP contribution in [0.2, 0.25) is 0 Å². The molecular weight excluding hydrogens is 340 g/mol. The van der Waals surface area contributed by atoms with Crippen LogP contribution in [0.4, 0.5) is 0 Å². The summed E-state index contributed by atoms with van der Waals surface area (Å²) in [5.74, 6) is 4.97. The van der Waals surface area contributed by atoms with Crippen molar-refractivity contribution >= 4 is 0 Å². The highest BCUT2D eigenvalue weighted by Crippen LogP contribution is 2.35. The van der Waals surface area contributed by atoms with Gasteiger partial charge in [0, 0.05) is 0 Å². The highest BCUT2D eigenvalue weighted by Gasteiger charge is 2.23. The Bertz CT molecular complexity index is 526. The van der Waals surface area contributed by atoms with Gasteiger partial charge >= 0.3 is 0 Å². The molecule has 0 saturated heterocycles. The van der Waals surface area contributed by atoms with Gasteiger partial charge in [0.05, 0.1) is 6.61 Å². The first-order valence-electron chi connectivity index (χ1n) is 12.5. The predicted octanol–water partition coefficient (Wildman–Crippen LogP) is 8.21. The van der Waals surface area contributed by atoms with E-state index in [0.717, 1.165) is 36.0 Å². The maximum atomic E-state index is 6.04. The van der Waals surface area contributed by atoms with Crippen LogP contribution in [-0.4, -0.2) is 6.61 Å². The average molecular weight is 385 g/mol. The Morgan fingerprint density at radius 1 is 0.750 bits per heavy atom. The van der Waals surface area contributed by atoms with Crippen LogP contribution in [0.25, 0.3) is 0 Å². The summed E-state index contributed by atoms with van der Waals surface area (Å²) >= 11 is 0. The predicted molar refractivity (Wildman–Crippen MR) is 121 cm³/mol. The van der Waals surface area contributed by atoms with Crippen LogP contribution in [0.3, 0.4) is 0 Å². The lowest BCUT2D eigenvalue weighted by molar-refractivity contribution is 0.199. The number of ether oxygens (including phenoxy) is 1. The summed E-state index contributed by atoms with van der Waals surface area (Å²) in [6, 6.07) is 8.97. The van der Waals surface area contributed by atoms with E-state index in [4.69, 9.17) is 4.74 Å². The van der Waals surface area contributed by atoms with Crippen molar-refractivity contribution in [3.8, 4) is 5.75 Å². The van der Waals surface area contributed by atoms with Crippen LogP contribution in [0.5, 0.6) is 5.75 Å². The number of hydrogen-bond donors (Lipinski definition) is 0. The third kappa shape index (κ3) is 6.82. The molecule has 2 unspecified atom stereocenters. The maximum Gasteiger partial charge on any atom is 0.119 e. The third-order valence-electron chi connectivity index (χ3n) is 7.89. The van der Waals surface area contributed by atoms with E-state index in [1.807, 2.05) is 0 Å². The van der Waals surface area contributed by atoms with Gasteiger partial charge in [-0.05, 0) is 67.1 Å². The number of rotatable bonds is 10. The van der Waals surface area contributed by atoms with Crippen LogP contribution < -0.4 is 4.74 Å². The van der Waals surface area contributed by atoms with E-state index >= 15 is 0 Å². The first-order chi connectivity index (χ1) is 13.8. The van der Waals surface area contributed by atoms with Crippen LogP contribution in [0, 0.1) is 23.7 Å². The Kier molecular flexibility index (Phi) is 9.22. The molecule has 0 spiro atoms. The van der Waals surface area contributed by atoms with E-state index in [1.54, 1.807) is 0 Å². The minimum atomic E-state index is 0.882. The lowest BCUT2D eigenvalue weighted by Gasteiger charge is -2.30. The molecule has 0 radical (unpaired) electrons. The summed E-state index contributed by atoms with van der Waals surface area (Å²) in [5.41, 5.74) is 1.48. The monoisotopic (exact) mass is 384 g/mol. The Balaban J connectivity index is 1.31. The molecule has 1 aromatic rings. The van der Waals surface area contributed by atoms with E-state index in [1.165, 1.54) is 95.5 Å². The lowest BCUT2D eigenvalue weighted by Crippen LogP contribution is -2.19. The van der Waals surface area contributed by atoms with Crippen molar-refractivity contribution in [1.29, 1.82) is 0 Å². The second kappa shape index (κ2) is 11.9. The zero-order valence-electron chi connectivity index (χ0n) is 18.6. The molecule has 0 aliphatic heterocycles. The molecule has 2 saturated carbocycles. The minimum absolute atomic E-state index is 0.882. The fourth-order valence-electron chi connectivity index (χ4n) is 5.79. The quantitative estimate of drug-likeness (QED) is 0.369. The van der Waals surface area contributed by atoms with Crippen molar-refractivity contribution in [2.45, 2.75) is 104 Å². The molecule has 0 bridgehead atoms. The molecule has 158 valence electrons. The van der Waals surface area contributed by atoms with Crippen LogP contribution >= 0.6 is 0 Å². The SMILES string of the molecule is CCC1CCC(CCc2ccc(OCCCC3CCCCC3CC)cc2)CC1. The third-order valence-corrected chi connectivity index (χ3v) is 7.89. The maximum absolute atomic E-state index is 6.04. The smallest absolute Gasteiger partial charge is 0.119 e. The van der Waals surface area contributed by atoms with Crippen LogP contribution in [0.1, 0.15) is 103 Å². The summed E-state index contributed by atoms with van der Waals surface area (Å²) in [6.45, 7) is 5.61. The van der Waals surface area contributed by atoms with Gasteiger partial charge in [-0.2, -0.15) is 0 Å². The molecule has 2 fully saturated rings. The van der Waals surface area contributed by atoms with Crippen molar-refractivity contribution in [1.82, 2.24) is 0 Å². The van der Waals surface area contributed by atoms with Gasteiger partial charge < -0.3 is 4.74 Å². The Labute approximate surface area is 174 Å². The zero-order chi connectivity index (χ0) is 19.6. The van der Waals surface area contributed by atoms with E-state index in [0.29, 0.717) is 0 Å². The molecule has 1 nitrogen and oxygen atoms in total. The van der Waals surface area contributed by atoms with E-state index in [9.17, 15) is 0 Å². The van der Waals surface area contributed by atoms with Gasteiger partial charge in [0.2, 0.25) is 0 Å². The highest BCUT2D eigenvalue weighted by atomic mass is 16.5. The van der Waals surface area contributed by atoms with Gasteiger partial charge in [-0.15, -0.1) is 0 Å². The first-order valence-corrected chi connectivity index (χ1v) is 12.5. The molecule has 0 N–H and O–H groups in total. The summed E-state index contributed by atoms with van der Waals surface area (Å²) in [5, 5.41) is 0. The van der Waals surface area contributed by atoms with Crippen molar-refractivity contribution in [3.63, 3.8) is 0 Å². The molecule has 2 atom stereocenters. The second-order valence-corrected chi connectivity index (χ2v) is 9.68. The second-order valence-electron chi connectivity index (χ2n) is 9.68. The largest absolute Gasteiger partial charge is 0.494 e. The topological polar surface area (TPSA) is 9.23 Å². The van der Waals surface area contributed by atoms with E-state index < -0.39 is 0 Å². The summed E-state index contributed by atoms with van der Waals surface area (Å²) in [6.07, 6.45) is 19.6. The standard InChI is InChI=1S/C27H44O/c1-3-22-11-13-23(14-12-22)15-16-24-17-19-27(20-18-24)28-21-7-10-26-9-6-5-8-25(26)4-2/h17-20,22-23,25-26H,3-16,21H2,1-2H3. The van der Waals surface area contributed by atoms with Gasteiger partial charge in [0.1, 0.15) is 5.75 Å². The molecule has 0 heterocycles. The Morgan fingerprint density at radius 3 is 2.11 bits per heavy atom. The van der Waals surface area contributed by atoms with Crippen LogP contribution in [-0.2, 0) is 6.42 Å². The summed E-state index contributed by atoms with van der Waals surface area (Å²) in [7, 11) is 0. The van der Waals surface area contributed by atoms with Gasteiger partial charge in [0.25, 0.3) is 0 Å². The fourth-order valence-corrected chi connectivity index (χ4v) is 5.79. The molecule has 1 aromatic carbocycles. The van der Waals surface area contributed by atoms with Gasteiger partial charge in [-0.1, -0.05) is 90.2 Å². The van der Waals surface area contributed by atoms with Crippen molar-refractivity contribution in [3.05, 3.63) is 29.8 Å². The number of aryl methyl sites for hydroxylation is 1. The molecule has 0 aromatic heterocycles. The molecule has 28 heavy (non-hydrogen) atoms. The van der Waals surface area contributed by atoms with Crippen molar-refractivity contribution < 1.29 is 4.74 Å². The zero-order valence-corrected chi connectivity index (χ0v) is 18.6. The summed E-state index contributed by atoms with van der Waals surface area (Å²) < 4.78 is 6.04. The number of hydrogen-bond acceptors (Lipinski definition) is 1. The minimum Gasteiger partial charge on any atom is -0.494 e. The lowest BCUT2D eigenvalue weighted by atomic mass is 9.76. The molecule has 2 aliphatic carbocycles. The molecular formula is C27H44O. The number of benzene rings is 1. The van der Waals surface area contributed by atoms with Gasteiger partial charge in [-0.25, -0.2) is 0 Å². The molecule has 3 rings (SSSR count). The molecule has 0 amide bonds. The first kappa shape index (κ1) is 21.7. The van der Waals surface area contributed by atoms with Crippen molar-refractivity contribution in [2.24, 2.45) is 23.7 Å². The summed E-state index contributed by atoms with van der Waals surface area (Å²) in [4.78, 5) is 0. The highest BCUT2D eigenvalue weighted by molar-refractivity contribution is 5.27. The Morgan fingerprint density at radius 2 is 1.43 bits per heavy atom. The van der Waals surface area contributed by atoms with E-state index in [2.05, 4.69) is 38.1 Å². The van der Waals surface area contributed by atoms with Crippen LogP contribution in [0.15, 0.2) is 24.3 Å². The normalized spacial score (nSPS) is 28.2. The Hall–Kier alpha value is -0.980. The average Bonchev–Trinajstić information content (AvgIpc) is 2.76. The van der Waals surface area contributed by atoms with Crippen molar-refractivity contribution in [2.75, 3.05) is 6.61 Å². The van der Waals surface area contributed by atoms with Gasteiger partial charge in [-0.3, -0.25) is 0 Å². The molecule has 1 heteroatoms. The fraction of sp³-hybridized carbons (Fsp3) is 0.778. The van der Waals surface area contributed by atoms with E-state index in [-0.39, 0.29) is 0 Å². The molecule has 2 aliphatic rings.